The second-order valence-electron chi connectivity index (χ2n) is 10.3. The maximum Gasteiger partial charge on any atom is 0.266 e. The van der Waals surface area contributed by atoms with E-state index in [1.54, 1.807) is 18.3 Å². The van der Waals surface area contributed by atoms with Gasteiger partial charge in [-0.15, -0.1) is 11.3 Å². The first-order valence-corrected chi connectivity index (χ1v) is 15.9. The number of carbonyl (C=O) groups excluding carboxylic acids is 1. The highest BCUT2D eigenvalue weighted by Gasteiger charge is 2.32. The van der Waals surface area contributed by atoms with Gasteiger partial charge in [-0.25, -0.2) is 8.78 Å². The molecule has 0 spiro atoms. The molecule has 1 aliphatic rings. The number of ether oxygens (including phenoxy) is 1. The fourth-order valence-electron chi connectivity index (χ4n) is 5.41. The van der Waals surface area contributed by atoms with E-state index in [0.29, 0.717) is 11.7 Å². The molecule has 1 unspecified atom stereocenters. The average Bonchev–Trinajstić information content (AvgIpc) is 3.32. The highest BCUT2D eigenvalue weighted by Crippen LogP contribution is 2.41. The number of fused-ring (bicyclic) bond motifs is 1. The van der Waals surface area contributed by atoms with E-state index in [4.69, 9.17) is 16.3 Å². The highest BCUT2D eigenvalue weighted by molar-refractivity contribution is 7.84. The molecule has 3 aromatic carbocycles. The van der Waals surface area contributed by atoms with Gasteiger partial charge in [-0.3, -0.25) is 9.00 Å². The van der Waals surface area contributed by atoms with Crippen molar-refractivity contribution in [2.75, 3.05) is 13.4 Å². The van der Waals surface area contributed by atoms with Crippen molar-refractivity contribution in [2.24, 2.45) is 5.92 Å². The van der Waals surface area contributed by atoms with Crippen LogP contribution in [0.5, 0.6) is 5.75 Å². The molecule has 40 heavy (non-hydrogen) atoms. The zero-order chi connectivity index (χ0) is 28.6. The van der Waals surface area contributed by atoms with Gasteiger partial charge >= 0.3 is 0 Å². The van der Waals surface area contributed by atoms with E-state index in [2.05, 4.69) is 6.92 Å². The number of nitrogens with zero attached hydrogens (tertiary/aromatic N) is 1. The minimum Gasteiger partial charge on any atom is -0.496 e. The van der Waals surface area contributed by atoms with Gasteiger partial charge in [0.1, 0.15) is 22.3 Å². The van der Waals surface area contributed by atoms with Crippen molar-refractivity contribution < 1.29 is 22.5 Å². The molecule has 1 aromatic heterocycles. The summed E-state index contributed by atoms with van der Waals surface area (Å²) in [6.45, 7) is 2.45. The van der Waals surface area contributed by atoms with Crippen LogP contribution in [0, 0.1) is 17.6 Å². The van der Waals surface area contributed by atoms with E-state index in [9.17, 15) is 17.8 Å². The van der Waals surface area contributed by atoms with Crippen molar-refractivity contribution in [1.82, 2.24) is 4.90 Å². The smallest absolute Gasteiger partial charge is 0.266 e. The summed E-state index contributed by atoms with van der Waals surface area (Å²) in [5.41, 5.74) is 2.60. The lowest BCUT2D eigenvalue weighted by Crippen LogP contribution is -2.41. The zero-order valence-corrected chi connectivity index (χ0v) is 24.9. The third-order valence-corrected chi connectivity index (χ3v) is 10.3. The van der Waals surface area contributed by atoms with E-state index in [1.807, 2.05) is 42.5 Å². The highest BCUT2D eigenvalue weighted by atomic mass is 35.5. The molecule has 1 amide bonds. The maximum atomic E-state index is 14.6. The minimum atomic E-state index is -1.12. The zero-order valence-electron chi connectivity index (χ0n) is 22.5. The SMILES string of the molecule is COc1ccc(-c2cccc(S(C)=O)c2)cc1CN(C(=O)c1sc2c(F)ccc(F)c2c1Cl)C1CCC(C)CC1. The topological polar surface area (TPSA) is 46.6 Å². The van der Waals surface area contributed by atoms with Crippen LogP contribution in [0.1, 0.15) is 47.8 Å². The molecular weight excluding hydrogens is 572 g/mol. The first-order valence-electron chi connectivity index (χ1n) is 13.2. The molecule has 5 rings (SSSR count). The number of hydrogen-bond donors (Lipinski definition) is 0. The molecule has 1 aliphatic carbocycles. The monoisotopic (exact) mass is 601 g/mol. The molecule has 0 bridgehead atoms. The van der Waals surface area contributed by atoms with Gasteiger partial charge < -0.3 is 9.64 Å². The molecule has 210 valence electrons. The molecule has 0 N–H and O–H groups in total. The van der Waals surface area contributed by atoms with Crippen LogP contribution < -0.4 is 4.74 Å². The van der Waals surface area contributed by atoms with Crippen molar-refractivity contribution >= 4 is 49.7 Å². The van der Waals surface area contributed by atoms with E-state index in [1.165, 1.54) is 0 Å². The number of benzene rings is 3. The summed E-state index contributed by atoms with van der Waals surface area (Å²) < 4.78 is 47.0. The largest absolute Gasteiger partial charge is 0.496 e. The van der Waals surface area contributed by atoms with Crippen LogP contribution in [0.25, 0.3) is 21.2 Å². The Morgan fingerprint density at radius 2 is 1.75 bits per heavy atom. The van der Waals surface area contributed by atoms with Crippen molar-refractivity contribution in [1.29, 1.82) is 0 Å². The van der Waals surface area contributed by atoms with Crippen LogP contribution in [-0.2, 0) is 17.3 Å². The van der Waals surface area contributed by atoms with Crippen LogP contribution in [-0.4, -0.2) is 34.4 Å². The standard InChI is InChI=1S/C31H30ClF2NO3S2/c1-18-7-10-22(11-8-18)35(31(36)30-28(32)27-24(33)12-13-25(34)29(27)39-30)17-21-15-20(9-14-26(21)38-2)19-5-4-6-23(16-19)40(3)37/h4-6,9,12-16,18,22H,7-8,10-11,17H2,1-3H3. The lowest BCUT2D eigenvalue weighted by atomic mass is 9.86. The molecule has 9 heteroatoms. The minimum absolute atomic E-state index is 0.0401. The van der Waals surface area contributed by atoms with Crippen molar-refractivity contribution in [3.05, 3.63) is 81.7 Å². The van der Waals surface area contributed by atoms with E-state index < -0.39 is 22.4 Å². The van der Waals surface area contributed by atoms with Gasteiger partial charge in [0.2, 0.25) is 0 Å². The Balaban J connectivity index is 1.57. The van der Waals surface area contributed by atoms with Gasteiger partial charge in [-0.2, -0.15) is 0 Å². The van der Waals surface area contributed by atoms with Crippen molar-refractivity contribution in [2.45, 2.75) is 50.1 Å². The van der Waals surface area contributed by atoms with Crippen molar-refractivity contribution in [3.63, 3.8) is 0 Å². The second-order valence-corrected chi connectivity index (χ2v) is 13.1. The Bertz CT molecular complexity index is 1600. The van der Waals surface area contributed by atoms with Crippen LogP contribution in [0.3, 0.4) is 0 Å². The second kappa shape index (κ2) is 12.0. The van der Waals surface area contributed by atoms with Gasteiger partial charge in [0.15, 0.2) is 0 Å². The number of rotatable bonds is 7. The summed E-state index contributed by atoms with van der Waals surface area (Å²) in [6, 6.07) is 15.4. The summed E-state index contributed by atoms with van der Waals surface area (Å²) in [7, 11) is 0.463. The Morgan fingerprint density at radius 1 is 1.05 bits per heavy atom. The number of carbonyl (C=O) groups is 1. The fraction of sp³-hybridized carbons (Fsp3) is 0.323. The summed E-state index contributed by atoms with van der Waals surface area (Å²) in [5, 5.41) is -0.110. The Hall–Kier alpha value is -2.81. The quantitative estimate of drug-likeness (QED) is 0.213. The normalized spacial score (nSPS) is 18.1. The van der Waals surface area contributed by atoms with Gasteiger partial charge in [-0.05, 0) is 79.1 Å². The lowest BCUT2D eigenvalue weighted by Gasteiger charge is -2.36. The third kappa shape index (κ3) is 5.67. The Labute approximate surface area is 244 Å². The molecule has 1 saturated carbocycles. The molecule has 1 fully saturated rings. The predicted molar refractivity (Wildman–Crippen MR) is 159 cm³/mol. The molecule has 1 atom stereocenters. The third-order valence-electron chi connectivity index (χ3n) is 7.68. The summed E-state index contributed by atoms with van der Waals surface area (Å²) in [4.78, 5) is 16.8. The van der Waals surface area contributed by atoms with Gasteiger partial charge in [0.25, 0.3) is 5.91 Å². The van der Waals surface area contributed by atoms with Gasteiger partial charge in [0, 0.05) is 40.1 Å². The number of thiophene rings is 1. The average molecular weight is 602 g/mol. The molecule has 0 saturated heterocycles. The fourth-order valence-corrected chi connectivity index (χ4v) is 7.47. The molecule has 0 radical (unpaired) electrons. The Morgan fingerprint density at radius 3 is 2.42 bits per heavy atom. The first kappa shape index (κ1) is 28.7. The van der Waals surface area contributed by atoms with Crippen LogP contribution in [0.4, 0.5) is 8.78 Å². The first-order chi connectivity index (χ1) is 19.2. The predicted octanol–water partition coefficient (Wildman–Crippen LogP) is 8.47. The van der Waals surface area contributed by atoms with E-state index in [0.717, 1.165) is 70.7 Å². The summed E-state index contributed by atoms with van der Waals surface area (Å²) in [6.07, 6.45) is 5.25. The number of methoxy groups -OCH3 is 1. The number of amides is 1. The summed E-state index contributed by atoms with van der Waals surface area (Å²) >= 11 is 7.44. The molecule has 1 heterocycles. The van der Waals surface area contributed by atoms with Gasteiger partial charge in [-0.1, -0.05) is 36.7 Å². The molecule has 4 aromatic rings. The van der Waals surface area contributed by atoms with Crippen LogP contribution >= 0.6 is 22.9 Å². The lowest BCUT2D eigenvalue weighted by molar-refractivity contribution is 0.0597. The number of halogens is 3. The van der Waals surface area contributed by atoms with Crippen molar-refractivity contribution in [3.8, 4) is 16.9 Å². The van der Waals surface area contributed by atoms with E-state index in [-0.39, 0.29) is 38.5 Å². The van der Waals surface area contributed by atoms with E-state index >= 15 is 0 Å². The van der Waals surface area contributed by atoms with Gasteiger partial charge in [0.05, 0.1) is 22.2 Å². The summed E-state index contributed by atoms with van der Waals surface area (Å²) in [5.74, 6) is -0.413. The van der Waals surface area contributed by atoms with Crippen LogP contribution in [0.15, 0.2) is 59.5 Å². The molecule has 0 aliphatic heterocycles. The molecular formula is C31H30ClF2NO3S2. The number of hydrogen-bond acceptors (Lipinski definition) is 4. The van der Waals surface area contributed by atoms with Crippen LogP contribution in [0.2, 0.25) is 5.02 Å². The maximum absolute atomic E-state index is 14.6. The Kier molecular flexibility index (Phi) is 8.59. The molecule has 4 nitrogen and oxygen atoms in total.